The molecule has 1 atom stereocenters. The highest BCUT2D eigenvalue weighted by Crippen LogP contribution is 2.23. The van der Waals surface area contributed by atoms with Crippen LogP contribution in [0.3, 0.4) is 0 Å². The highest BCUT2D eigenvalue weighted by Gasteiger charge is 2.33. The molecule has 1 aliphatic rings. The van der Waals surface area contributed by atoms with Crippen LogP contribution in [0.5, 0.6) is 0 Å². The van der Waals surface area contributed by atoms with Crippen LogP contribution in [0.1, 0.15) is 22.3 Å². The summed E-state index contributed by atoms with van der Waals surface area (Å²) in [4.78, 5) is 14.0. The average Bonchev–Trinajstić information content (AvgIpc) is 2.71. The number of sulfone groups is 1. The highest BCUT2D eigenvalue weighted by molar-refractivity contribution is 9.10. The third-order valence-corrected chi connectivity index (χ3v) is 5.87. The Morgan fingerprint density at radius 2 is 2.11 bits per heavy atom. The van der Waals surface area contributed by atoms with Crippen LogP contribution in [0, 0.1) is 6.92 Å². The van der Waals surface area contributed by atoms with Crippen molar-refractivity contribution < 1.29 is 13.2 Å². The molecule has 1 aliphatic heterocycles. The normalized spacial score (nSPS) is 21.3. The van der Waals surface area contributed by atoms with Crippen molar-refractivity contribution in [3.8, 4) is 0 Å². The Morgan fingerprint density at radius 3 is 2.68 bits per heavy atom. The van der Waals surface area contributed by atoms with Crippen LogP contribution in [0.4, 0.5) is 0 Å². The predicted molar refractivity (Wildman–Crippen MR) is 78.0 cm³/mol. The Balaban J connectivity index is 2.22. The molecule has 0 saturated carbocycles. The van der Waals surface area contributed by atoms with Gasteiger partial charge in [0.25, 0.3) is 5.91 Å². The standard InChI is InChI=1S/C13H16BrNO3S/c1-9-3-4-12(14)11(7-9)13(16)15(2)10-5-6-19(17,18)8-10/h3-4,7,10H,5-6,8H2,1-2H3. The van der Waals surface area contributed by atoms with E-state index in [1.807, 2.05) is 25.1 Å². The second-order valence-corrected chi connectivity index (χ2v) is 8.04. The lowest BCUT2D eigenvalue weighted by molar-refractivity contribution is 0.0746. The van der Waals surface area contributed by atoms with E-state index in [1.165, 1.54) is 0 Å². The zero-order valence-corrected chi connectivity index (χ0v) is 13.3. The average molecular weight is 346 g/mol. The number of aryl methyl sites for hydroxylation is 1. The van der Waals surface area contributed by atoms with Gasteiger partial charge in [0.15, 0.2) is 9.84 Å². The summed E-state index contributed by atoms with van der Waals surface area (Å²) >= 11 is 3.36. The smallest absolute Gasteiger partial charge is 0.255 e. The van der Waals surface area contributed by atoms with E-state index in [-0.39, 0.29) is 23.5 Å². The van der Waals surface area contributed by atoms with E-state index >= 15 is 0 Å². The fourth-order valence-corrected chi connectivity index (χ4v) is 4.43. The van der Waals surface area contributed by atoms with Crippen LogP contribution in [0.15, 0.2) is 22.7 Å². The van der Waals surface area contributed by atoms with Crippen LogP contribution in [-0.2, 0) is 9.84 Å². The molecule has 0 radical (unpaired) electrons. The quantitative estimate of drug-likeness (QED) is 0.823. The third kappa shape index (κ3) is 3.17. The van der Waals surface area contributed by atoms with E-state index in [0.717, 1.165) is 10.0 Å². The number of nitrogens with zero attached hydrogens (tertiary/aromatic N) is 1. The number of hydrogen-bond donors (Lipinski definition) is 0. The number of carbonyl (C=O) groups is 1. The van der Waals surface area contributed by atoms with Gasteiger partial charge in [-0.25, -0.2) is 8.42 Å². The first-order valence-corrected chi connectivity index (χ1v) is 8.65. The Hall–Kier alpha value is -0.880. The molecule has 104 valence electrons. The Morgan fingerprint density at radius 1 is 1.42 bits per heavy atom. The van der Waals surface area contributed by atoms with Crippen LogP contribution in [0.25, 0.3) is 0 Å². The van der Waals surface area contributed by atoms with Gasteiger partial charge in [-0.3, -0.25) is 4.79 Å². The molecule has 0 N–H and O–H groups in total. The number of rotatable bonds is 2. The minimum Gasteiger partial charge on any atom is -0.338 e. The molecule has 0 aliphatic carbocycles. The number of halogens is 1. The van der Waals surface area contributed by atoms with Gasteiger partial charge in [0.05, 0.1) is 17.1 Å². The van der Waals surface area contributed by atoms with Crippen molar-refractivity contribution >= 4 is 31.7 Å². The summed E-state index contributed by atoms with van der Waals surface area (Å²) in [5.74, 6) is 0.0980. The molecule has 19 heavy (non-hydrogen) atoms. The first kappa shape index (κ1) is 14.5. The maximum atomic E-state index is 12.4. The van der Waals surface area contributed by atoms with Gasteiger partial charge in [-0.2, -0.15) is 0 Å². The van der Waals surface area contributed by atoms with Gasteiger partial charge >= 0.3 is 0 Å². The van der Waals surface area contributed by atoms with Crippen molar-refractivity contribution in [1.82, 2.24) is 4.90 Å². The van der Waals surface area contributed by atoms with Gasteiger partial charge in [0.2, 0.25) is 0 Å². The third-order valence-electron chi connectivity index (χ3n) is 3.43. The SMILES string of the molecule is Cc1ccc(Br)c(C(=O)N(C)C2CCS(=O)(=O)C2)c1. The summed E-state index contributed by atoms with van der Waals surface area (Å²) in [6.45, 7) is 1.92. The summed E-state index contributed by atoms with van der Waals surface area (Å²) in [5.41, 5.74) is 1.57. The zero-order valence-electron chi connectivity index (χ0n) is 10.9. The molecule has 0 aromatic heterocycles. The first-order chi connectivity index (χ1) is 8.80. The van der Waals surface area contributed by atoms with Crippen molar-refractivity contribution in [2.45, 2.75) is 19.4 Å². The van der Waals surface area contributed by atoms with Crippen LogP contribution in [0.2, 0.25) is 0 Å². The van der Waals surface area contributed by atoms with E-state index in [4.69, 9.17) is 0 Å². The lowest BCUT2D eigenvalue weighted by Gasteiger charge is -2.24. The summed E-state index contributed by atoms with van der Waals surface area (Å²) in [6, 6.07) is 5.35. The zero-order chi connectivity index (χ0) is 14.2. The molecule has 0 bridgehead atoms. The topological polar surface area (TPSA) is 54.5 Å². The van der Waals surface area contributed by atoms with Gasteiger partial charge < -0.3 is 4.90 Å². The maximum Gasteiger partial charge on any atom is 0.255 e. The molecular formula is C13H16BrNO3S. The fraction of sp³-hybridized carbons (Fsp3) is 0.462. The Bertz CT molecular complexity index is 612. The van der Waals surface area contributed by atoms with Crippen LogP contribution in [-0.4, -0.2) is 43.8 Å². The maximum absolute atomic E-state index is 12.4. The molecular weight excluding hydrogens is 330 g/mol. The Kier molecular flexibility index (Phi) is 4.01. The predicted octanol–water partition coefficient (Wildman–Crippen LogP) is 2.02. The van der Waals surface area contributed by atoms with Gasteiger partial charge in [-0.15, -0.1) is 0 Å². The van der Waals surface area contributed by atoms with Gasteiger partial charge in [-0.05, 0) is 41.4 Å². The highest BCUT2D eigenvalue weighted by atomic mass is 79.9. The van der Waals surface area contributed by atoms with E-state index in [9.17, 15) is 13.2 Å². The van der Waals surface area contributed by atoms with Crippen LogP contribution >= 0.6 is 15.9 Å². The largest absolute Gasteiger partial charge is 0.338 e. The molecule has 1 aromatic rings. The van der Waals surface area contributed by atoms with Crippen molar-refractivity contribution in [2.75, 3.05) is 18.6 Å². The molecule has 4 nitrogen and oxygen atoms in total. The number of hydrogen-bond acceptors (Lipinski definition) is 3. The minimum atomic E-state index is -2.98. The van der Waals surface area contributed by atoms with Gasteiger partial charge in [-0.1, -0.05) is 11.6 Å². The Labute approximate surface area is 121 Å². The molecule has 0 spiro atoms. The number of benzene rings is 1. The number of amides is 1. The van der Waals surface area contributed by atoms with E-state index in [2.05, 4.69) is 15.9 Å². The summed E-state index contributed by atoms with van der Waals surface area (Å²) < 4.78 is 23.7. The summed E-state index contributed by atoms with van der Waals surface area (Å²) in [5, 5.41) is 0. The second-order valence-electron chi connectivity index (χ2n) is 4.96. The molecule has 1 saturated heterocycles. The van der Waals surface area contributed by atoms with Crippen molar-refractivity contribution in [3.63, 3.8) is 0 Å². The van der Waals surface area contributed by atoms with Gasteiger partial charge in [0, 0.05) is 17.6 Å². The first-order valence-electron chi connectivity index (χ1n) is 6.04. The van der Waals surface area contributed by atoms with Gasteiger partial charge in [0.1, 0.15) is 0 Å². The molecule has 2 rings (SSSR count). The van der Waals surface area contributed by atoms with E-state index in [0.29, 0.717) is 12.0 Å². The minimum absolute atomic E-state index is 0.0681. The summed E-state index contributed by atoms with van der Waals surface area (Å²) in [6.07, 6.45) is 0.522. The van der Waals surface area contributed by atoms with E-state index in [1.54, 1.807) is 11.9 Å². The monoisotopic (exact) mass is 345 g/mol. The van der Waals surface area contributed by atoms with Crippen molar-refractivity contribution in [3.05, 3.63) is 33.8 Å². The molecule has 6 heteroatoms. The van der Waals surface area contributed by atoms with Crippen molar-refractivity contribution in [1.29, 1.82) is 0 Å². The molecule has 1 fully saturated rings. The summed E-state index contributed by atoms with van der Waals surface area (Å²) in [7, 11) is -1.31. The molecule has 1 amide bonds. The fourth-order valence-electron chi connectivity index (χ4n) is 2.24. The number of carbonyl (C=O) groups excluding carboxylic acids is 1. The van der Waals surface area contributed by atoms with Crippen LogP contribution < -0.4 is 0 Å². The second kappa shape index (κ2) is 5.25. The molecule has 1 unspecified atom stereocenters. The lowest BCUT2D eigenvalue weighted by atomic mass is 10.1. The van der Waals surface area contributed by atoms with Crippen molar-refractivity contribution in [2.24, 2.45) is 0 Å². The lowest BCUT2D eigenvalue weighted by Crippen LogP contribution is -2.38. The van der Waals surface area contributed by atoms with E-state index < -0.39 is 9.84 Å². The molecule has 1 aromatic carbocycles. The molecule has 1 heterocycles.